The average molecular weight is 367 g/mol. The summed E-state index contributed by atoms with van der Waals surface area (Å²) in [5.74, 6) is 0.342. The van der Waals surface area contributed by atoms with Gasteiger partial charge in [-0.1, -0.05) is 38.5 Å². The van der Waals surface area contributed by atoms with Crippen molar-refractivity contribution in [2.24, 2.45) is 10.7 Å². The maximum atomic E-state index is 11.9. The lowest BCUT2D eigenvalue weighted by Gasteiger charge is -2.32. The van der Waals surface area contributed by atoms with Gasteiger partial charge in [-0.3, -0.25) is 4.99 Å². The zero-order chi connectivity index (χ0) is 18.4. The highest BCUT2D eigenvalue weighted by Gasteiger charge is 2.29. The Balaban J connectivity index is 2.12. The van der Waals surface area contributed by atoms with Gasteiger partial charge in [-0.2, -0.15) is 4.31 Å². The predicted octanol–water partition coefficient (Wildman–Crippen LogP) is 2.35. The van der Waals surface area contributed by atoms with Crippen LogP contribution in [0.2, 0.25) is 0 Å². The standard InChI is InChI=1S/C18H30N4O2S/c1-4-14-9-8-10-15(5-2)17(14)21-18(19)20-13-16-11-6-7-12-22(16)25(3,23)24/h8-10,16H,4-7,11-13H2,1-3H3,(H3,19,20,21). The fourth-order valence-electron chi connectivity index (χ4n) is 3.37. The van der Waals surface area contributed by atoms with Gasteiger partial charge in [-0.15, -0.1) is 0 Å². The summed E-state index contributed by atoms with van der Waals surface area (Å²) in [6.07, 6.45) is 5.85. The van der Waals surface area contributed by atoms with E-state index < -0.39 is 10.0 Å². The first kappa shape index (κ1) is 19.7. The molecular formula is C18H30N4O2S. The monoisotopic (exact) mass is 366 g/mol. The number of anilines is 1. The minimum atomic E-state index is -3.20. The number of benzene rings is 1. The second-order valence-corrected chi connectivity index (χ2v) is 8.47. The molecule has 1 fully saturated rings. The molecule has 1 heterocycles. The van der Waals surface area contributed by atoms with E-state index in [0.717, 1.165) is 37.8 Å². The third kappa shape index (κ3) is 5.19. The number of para-hydroxylation sites is 1. The first-order valence-electron chi connectivity index (χ1n) is 9.01. The zero-order valence-electron chi connectivity index (χ0n) is 15.5. The van der Waals surface area contributed by atoms with Crippen LogP contribution in [0.4, 0.5) is 5.69 Å². The van der Waals surface area contributed by atoms with E-state index in [-0.39, 0.29) is 6.04 Å². The fourth-order valence-corrected chi connectivity index (χ4v) is 4.54. The van der Waals surface area contributed by atoms with Crippen molar-refractivity contribution in [3.63, 3.8) is 0 Å². The van der Waals surface area contributed by atoms with Crippen LogP contribution in [0.25, 0.3) is 0 Å². The summed E-state index contributed by atoms with van der Waals surface area (Å²) in [5, 5.41) is 3.23. The van der Waals surface area contributed by atoms with Gasteiger partial charge in [0.25, 0.3) is 0 Å². The van der Waals surface area contributed by atoms with Crippen molar-refractivity contribution < 1.29 is 8.42 Å². The summed E-state index contributed by atoms with van der Waals surface area (Å²) >= 11 is 0. The molecule has 0 spiro atoms. The molecule has 0 aliphatic carbocycles. The third-order valence-electron chi connectivity index (χ3n) is 4.72. The Morgan fingerprint density at radius 2 is 1.92 bits per heavy atom. The second kappa shape index (κ2) is 8.67. The molecule has 0 bridgehead atoms. The van der Waals surface area contributed by atoms with Gasteiger partial charge in [0.15, 0.2) is 5.96 Å². The van der Waals surface area contributed by atoms with Crippen LogP contribution in [0.5, 0.6) is 0 Å². The summed E-state index contributed by atoms with van der Waals surface area (Å²) in [4.78, 5) is 4.43. The molecule has 1 unspecified atom stereocenters. The van der Waals surface area contributed by atoms with Gasteiger partial charge in [0.1, 0.15) is 0 Å². The van der Waals surface area contributed by atoms with Crippen LogP contribution in [0.1, 0.15) is 44.2 Å². The van der Waals surface area contributed by atoms with E-state index in [9.17, 15) is 8.42 Å². The summed E-state index contributed by atoms with van der Waals surface area (Å²) < 4.78 is 25.4. The summed E-state index contributed by atoms with van der Waals surface area (Å²) in [6.45, 7) is 5.19. The largest absolute Gasteiger partial charge is 0.370 e. The Morgan fingerprint density at radius 1 is 1.28 bits per heavy atom. The molecule has 1 saturated heterocycles. The lowest BCUT2D eigenvalue weighted by molar-refractivity contribution is 0.259. The third-order valence-corrected chi connectivity index (χ3v) is 6.06. The number of hydrogen-bond acceptors (Lipinski definition) is 3. The average Bonchev–Trinajstić information content (AvgIpc) is 2.59. The lowest BCUT2D eigenvalue weighted by atomic mass is 10.0. The summed E-state index contributed by atoms with van der Waals surface area (Å²) in [6, 6.07) is 6.13. The highest BCUT2D eigenvalue weighted by atomic mass is 32.2. The van der Waals surface area contributed by atoms with Crippen LogP contribution in [-0.2, 0) is 22.9 Å². The van der Waals surface area contributed by atoms with E-state index in [1.807, 2.05) is 0 Å². The normalized spacial score (nSPS) is 19.8. The summed E-state index contributed by atoms with van der Waals surface area (Å²) in [7, 11) is -3.20. The Morgan fingerprint density at radius 3 is 2.48 bits per heavy atom. The molecule has 140 valence electrons. The SMILES string of the molecule is CCc1cccc(CC)c1NC(N)=NCC1CCCCN1S(C)(=O)=O. The van der Waals surface area contributed by atoms with Crippen molar-refractivity contribution in [3.05, 3.63) is 29.3 Å². The minimum Gasteiger partial charge on any atom is -0.370 e. The molecule has 0 amide bonds. The first-order chi connectivity index (χ1) is 11.9. The highest BCUT2D eigenvalue weighted by Crippen LogP contribution is 2.23. The minimum absolute atomic E-state index is 0.101. The molecule has 25 heavy (non-hydrogen) atoms. The molecule has 0 aromatic heterocycles. The molecule has 1 aliphatic heterocycles. The van der Waals surface area contributed by atoms with Crippen molar-refractivity contribution in [2.75, 3.05) is 24.7 Å². The Kier molecular flexibility index (Phi) is 6.84. The van der Waals surface area contributed by atoms with Gasteiger partial charge in [-0.25, -0.2) is 8.42 Å². The molecule has 7 heteroatoms. The van der Waals surface area contributed by atoms with Crippen LogP contribution in [-0.4, -0.2) is 44.1 Å². The maximum Gasteiger partial charge on any atom is 0.211 e. The number of guanidine groups is 1. The van der Waals surface area contributed by atoms with Crippen LogP contribution in [0.15, 0.2) is 23.2 Å². The van der Waals surface area contributed by atoms with Crippen molar-refractivity contribution in [2.45, 2.75) is 52.0 Å². The van der Waals surface area contributed by atoms with Gasteiger partial charge in [0, 0.05) is 18.3 Å². The van der Waals surface area contributed by atoms with Crippen LogP contribution in [0.3, 0.4) is 0 Å². The zero-order valence-corrected chi connectivity index (χ0v) is 16.3. The van der Waals surface area contributed by atoms with Crippen molar-refractivity contribution in [1.29, 1.82) is 0 Å². The number of aliphatic imine (C=N–C) groups is 1. The van der Waals surface area contributed by atoms with E-state index in [1.165, 1.54) is 17.4 Å². The maximum absolute atomic E-state index is 11.9. The van der Waals surface area contributed by atoms with Gasteiger partial charge >= 0.3 is 0 Å². The number of nitrogens with zero attached hydrogens (tertiary/aromatic N) is 2. The Hall–Kier alpha value is -1.60. The predicted molar refractivity (Wildman–Crippen MR) is 104 cm³/mol. The molecule has 2 rings (SSSR count). The second-order valence-electron chi connectivity index (χ2n) is 6.53. The first-order valence-corrected chi connectivity index (χ1v) is 10.9. The molecule has 6 nitrogen and oxygen atoms in total. The summed E-state index contributed by atoms with van der Waals surface area (Å²) in [5.41, 5.74) is 9.52. The topological polar surface area (TPSA) is 87.8 Å². The van der Waals surface area contributed by atoms with Crippen LogP contribution >= 0.6 is 0 Å². The van der Waals surface area contributed by atoms with Gasteiger partial charge in [0.05, 0.1) is 12.8 Å². The molecule has 1 aliphatic rings. The van der Waals surface area contributed by atoms with Crippen LogP contribution < -0.4 is 11.1 Å². The van der Waals surface area contributed by atoms with E-state index in [1.54, 1.807) is 4.31 Å². The molecule has 1 aromatic carbocycles. The molecule has 0 saturated carbocycles. The van der Waals surface area contributed by atoms with E-state index >= 15 is 0 Å². The number of aryl methyl sites for hydroxylation is 2. The smallest absolute Gasteiger partial charge is 0.211 e. The molecular weight excluding hydrogens is 336 g/mol. The van der Waals surface area contributed by atoms with E-state index in [4.69, 9.17) is 5.73 Å². The van der Waals surface area contributed by atoms with Crippen molar-refractivity contribution >= 4 is 21.7 Å². The number of hydrogen-bond donors (Lipinski definition) is 2. The van der Waals surface area contributed by atoms with Crippen molar-refractivity contribution in [3.8, 4) is 0 Å². The van der Waals surface area contributed by atoms with Crippen molar-refractivity contribution in [1.82, 2.24) is 4.31 Å². The quantitative estimate of drug-likeness (QED) is 0.597. The number of piperidine rings is 1. The van der Waals surface area contributed by atoms with E-state index in [0.29, 0.717) is 19.0 Å². The molecule has 1 atom stereocenters. The Bertz CT molecular complexity index is 694. The molecule has 3 N–H and O–H groups in total. The van der Waals surface area contributed by atoms with Gasteiger partial charge in [0.2, 0.25) is 10.0 Å². The van der Waals surface area contributed by atoms with Gasteiger partial charge < -0.3 is 11.1 Å². The van der Waals surface area contributed by atoms with Gasteiger partial charge in [-0.05, 0) is 36.8 Å². The number of nitrogens with two attached hydrogens (primary N) is 1. The fraction of sp³-hybridized carbons (Fsp3) is 0.611. The highest BCUT2D eigenvalue weighted by molar-refractivity contribution is 7.88. The lowest BCUT2D eigenvalue weighted by Crippen LogP contribution is -2.45. The van der Waals surface area contributed by atoms with Crippen LogP contribution in [0, 0.1) is 0 Å². The molecule has 0 radical (unpaired) electrons. The number of nitrogens with one attached hydrogen (secondary N) is 1. The number of sulfonamides is 1. The number of rotatable bonds is 6. The molecule has 1 aromatic rings. The Labute approximate surface area is 151 Å². The van der Waals surface area contributed by atoms with E-state index in [2.05, 4.69) is 42.4 Å².